The lowest BCUT2D eigenvalue weighted by Gasteiger charge is -2.26. The van der Waals surface area contributed by atoms with Gasteiger partial charge in [0, 0.05) is 32.1 Å². The fraction of sp³-hybridized carbons (Fsp3) is 0.611. The zero-order valence-electron chi connectivity index (χ0n) is 13.2. The molecule has 2 aliphatic rings. The summed E-state index contributed by atoms with van der Waals surface area (Å²) < 4.78 is 5.39. The number of hydrogen-bond donors (Lipinski definition) is 1. The third-order valence-electron chi connectivity index (χ3n) is 4.69. The molecule has 4 nitrogen and oxygen atoms in total. The average Bonchev–Trinajstić information content (AvgIpc) is 3.08. The van der Waals surface area contributed by atoms with Crippen LogP contribution in [-0.2, 0) is 22.6 Å². The Kier molecular flexibility index (Phi) is 5.46. The van der Waals surface area contributed by atoms with Crippen molar-refractivity contribution < 1.29 is 9.53 Å². The lowest BCUT2D eigenvalue weighted by Crippen LogP contribution is -2.35. The molecule has 0 atom stereocenters. The topological polar surface area (TPSA) is 41.6 Å². The third kappa shape index (κ3) is 4.31. The molecule has 1 amide bonds. The molecule has 1 aliphatic heterocycles. The first-order valence-corrected chi connectivity index (χ1v) is 8.47. The minimum absolute atomic E-state index is 0.232. The van der Waals surface area contributed by atoms with Crippen LogP contribution in [0.2, 0.25) is 0 Å². The molecule has 22 heavy (non-hydrogen) atoms. The molecule has 1 saturated heterocycles. The zero-order valence-corrected chi connectivity index (χ0v) is 13.2. The SMILES string of the molecule is O=C(NCc1cccc(CN2CCOCC2)c1)C1CCCC1. The highest BCUT2D eigenvalue weighted by molar-refractivity contribution is 5.78. The normalized spacial score (nSPS) is 20.2. The second-order valence-electron chi connectivity index (χ2n) is 6.41. The second-order valence-corrected chi connectivity index (χ2v) is 6.41. The van der Waals surface area contributed by atoms with E-state index in [0.717, 1.165) is 45.7 Å². The molecule has 2 fully saturated rings. The van der Waals surface area contributed by atoms with Gasteiger partial charge >= 0.3 is 0 Å². The van der Waals surface area contributed by atoms with E-state index in [1.54, 1.807) is 0 Å². The molecule has 1 aliphatic carbocycles. The van der Waals surface area contributed by atoms with E-state index in [0.29, 0.717) is 6.54 Å². The molecule has 1 saturated carbocycles. The molecule has 0 spiro atoms. The lowest BCUT2D eigenvalue weighted by atomic mass is 10.1. The summed E-state index contributed by atoms with van der Waals surface area (Å²) in [6.45, 7) is 5.28. The number of amides is 1. The molecule has 1 heterocycles. The first-order valence-electron chi connectivity index (χ1n) is 8.47. The van der Waals surface area contributed by atoms with Crippen LogP contribution >= 0.6 is 0 Å². The van der Waals surface area contributed by atoms with Crippen molar-refractivity contribution in [2.75, 3.05) is 26.3 Å². The number of hydrogen-bond acceptors (Lipinski definition) is 3. The highest BCUT2D eigenvalue weighted by atomic mass is 16.5. The molecule has 0 radical (unpaired) electrons. The fourth-order valence-corrected chi connectivity index (χ4v) is 3.38. The zero-order chi connectivity index (χ0) is 15.2. The number of carbonyl (C=O) groups excluding carboxylic acids is 1. The predicted molar refractivity (Wildman–Crippen MR) is 86.3 cm³/mol. The monoisotopic (exact) mass is 302 g/mol. The number of morpholine rings is 1. The van der Waals surface area contributed by atoms with Crippen molar-refractivity contribution >= 4 is 5.91 Å². The molecule has 1 aromatic carbocycles. The average molecular weight is 302 g/mol. The molecule has 120 valence electrons. The van der Waals surface area contributed by atoms with Crippen molar-refractivity contribution in [2.45, 2.75) is 38.8 Å². The van der Waals surface area contributed by atoms with Gasteiger partial charge in [0.15, 0.2) is 0 Å². The Balaban J connectivity index is 1.50. The van der Waals surface area contributed by atoms with Gasteiger partial charge in [-0.05, 0) is 24.0 Å². The van der Waals surface area contributed by atoms with Gasteiger partial charge in [-0.15, -0.1) is 0 Å². The van der Waals surface area contributed by atoms with Gasteiger partial charge in [-0.25, -0.2) is 0 Å². The van der Waals surface area contributed by atoms with Crippen LogP contribution in [0.1, 0.15) is 36.8 Å². The number of nitrogens with zero attached hydrogens (tertiary/aromatic N) is 1. The molecule has 0 aromatic heterocycles. The van der Waals surface area contributed by atoms with Gasteiger partial charge in [-0.1, -0.05) is 37.1 Å². The first kappa shape index (κ1) is 15.5. The van der Waals surface area contributed by atoms with Crippen molar-refractivity contribution in [3.8, 4) is 0 Å². The second kappa shape index (κ2) is 7.75. The van der Waals surface area contributed by atoms with Crippen molar-refractivity contribution in [1.82, 2.24) is 10.2 Å². The Morgan fingerprint density at radius 2 is 1.91 bits per heavy atom. The van der Waals surface area contributed by atoms with Crippen LogP contribution in [0.4, 0.5) is 0 Å². The summed E-state index contributed by atoms with van der Waals surface area (Å²) in [7, 11) is 0. The largest absolute Gasteiger partial charge is 0.379 e. The number of nitrogens with one attached hydrogen (secondary N) is 1. The third-order valence-corrected chi connectivity index (χ3v) is 4.69. The van der Waals surface area contributed by atoms with Crippen LogP contribution in [-0.4, -0.2) is 37.1 Å². The Bertz CT molecular complexity index is 492. The van der Waals surface area contributed by atoms with Crippen LogP contribution < -0.4 is 5.32 Å². The summed E-state index contributed by atoms with van der Waals surface area (Å²) in [4.78, 5) is 14.5. The van der Waals surface area contributed by atoms with Gasteiger partial charge in [0.25, 0.3) is 0 Å². The van der Waals surface area contributed by atoms with Gasteiger partial charge in [0.2, 0.25) is 5.91 Å². The van der Waals surface area contributed by atoms with Gasteiger partial charge in [-0.3, -0.25) is 9.69 Å². The Hall–Kier alpha value is -1.39. The van der Waals surface area contributed by atoms with E-state index in [1.807, 2.05) is 0 Å². The molecule has 1 N–H and O–H groups in total. The van der Waals surface area contributed by atoms with E-state index in [9.17, 15) is 4.79 Å². The van der Waals surface area contributed by atoms with E-state index >= 15 is 0 Å². The maximum atomic E-state index is 12.1. The van der Waals surface area contributed by atoms with E-state index in [-0.39, 0.29) is 11.8 Å². The van der Waals surface area contributed by atoms with Gasteiger partial charge in [0.1, 0.15) is 0 Å². The minimum atomic E-state index is 0.232. The summed E-state index contributed by atoms with van der Waals surface area (Å²) in [5.41, 5.74) is 2.51. The number of rotatable bonds is 5. The molecule has 0 bridgehead atoms. The summed E-state index contributed by atoms with van der Waals surface area (Å²) in [6, 6.07) is 8.56. The Morgan fingerprint density at radius 3 is 2.68 bits per heavy atom. The van der Waals surface area contributed by atoms with Crippen LogP contribution in [0, 0.1) is 5.92 Å². The maximum absolute atomic E-state index is 12.1. The van der Waals surface area contributed by atoms with E-state index in [1.165, 1.54) is 24.0 Å². The van der Waals surface area contributed by atoms with Crippen molar-refractivity contribution in [3.63, 3.8) is 0 Å². The quantitative estimate of drug-likeness (QED) is 0.907. The molecule has 3 rings (SSSR count). The summed E-state index contributed by atoms with van der Waals surface area (Å²) in [5, 5.41) is 3.10. The summed E-state index contributed by atoms with van der Waals surface area (Å²) in [5.74, 6) is 0.479. The summed E-state index contributed by atoms with van der Waals surface area (Å²) in [6.07, 6.45) is 4.52. The predicted octanol–water partition coefficient (Wildman–Crippen LogP) is 2.33. The molecule has 0 unspecified atom stereocenters. The molecular weight excluding hydrogens is 276 g/mol. The maximum Gasteiger partial charge on any atom is 0.223 e. The standard InChI is InChI=1S/C18H26N2O2/c21-18(17-6-1-2-7-17)19-13-15-4-3-5-16(12-15)14-20-8-10-22-11-9-20/h3-5,12,17H,1-2,6-11,13-14H2,(H,19,21). The first-order chi connectivity index (χ1) is 10.8. The van der Waals surface area contributed by atoms with Crippen molar-refractivity contribution in [1.29, 1.82) is 0 Å². The molecule has 1 aromatic rings. The van der Waals surface area contributed by atoms with Gasteiger partial charge in [0.05, 0.1) is 13.2 Å². The van der Waals surface area contributed by atoms with Crippen molar-refractivity contribution in [3.05, 3.63) is 35.4 Å². The van der Waals surface area contributed by atoms with E-state index < -0.39 is 0 Å². The van der Waals surface area contributed by atoms with Crippen molar-refractivity contribution in [2.24, 2.45) is 5.92 Å². The molecular formula is C18H26N2O2. The Morgan fingerprint density at radius 1 is 1.18 bits per heavy atom. The van der Waals surface area contributed by atoms with Crippen LogP contribution in [0.5, 0.6) is 0 Å². The van der Waals surface area contributed by atoms with Crippen LogP contribution in [0.25, 0.3) is 0 Å². The number of benzene rings is 1. The van der Waals surface area contributed by atoms with Crippen LogP contribution in [0.3, 0.4) is 0 Å². The summed E-state index contributed by atoms with van der Waals surface area (Å²) >= 11 is 0. The fourth-order valence-electron chi connectivity index (χ4n) is 3.38. The van der Waals surface area contributed by atoms with E-state index in [2.05, 4.69) is 34.5 Å². The Labute approximate surface area is 132 Å². The van der Waals surface area contributed by atoms with Crippen LogP contribution in [0.15, 0.2) is 24.3 Å². The number of carbonyl (C=O) groups is 1. The van der Waals surface area contributed by atoms with Gasteiger partial charge in [-0.2, -0.15) is 0 Å². The molecule has 4 heteroatoms. The lowest BCUT2D eigenvalue weighted by molar-refractivity contribution is -0.124. The van der Waals surface area contributed by atoms with Gasteiger partial charge < -0.3 is 10.1 Å². The highest BCUT2D eigenvalue weighted by Crippen LogP contribution is 2.24. The highest BCUT2D eigenvalue weighted by Gasteiger charge is 2.22. The minimum Gasteiger partial charge on any atom is -0.379 e. The number of ether oxygens (including phenoxy) is 1. The smallest absolute Gasteiger partial charge is 0.223 e. The van der Waals surface area contributed by atoms with E-state index in [4.69, 9.17) is 4.74 Å².